The van der Waals surface area contributed by atoms with Crippen molar-refractivity contribution in [1.82, 2.24) is 9.21 Å². The number of fused-ring (bicyclic) bond motifs is 1. The van der Waals surface area contributed by atoms with Crippen molar-refractivity contribution in [3.63, 3.8) is 0 Å². The van der Waals surface area contributed by atoms with Crippen LogP contribution in [0.3, 0.4) is 0 Å². The summed E-state index contributed by atoms with van der Waals surface area (Å²) in [6.45, 7) is 7.23. The van der Waals surface area contributed by atoms with Crippen LogP contribution in [0.15, 0.2) is 64.9 Å². The molecule has 0 saturated carbocycles. The Morgan fingerprint density at radius 2 is 1.78 bits per heavy atom. The maximum Gasteiger partial charge on any atom is 0.243 e. The van der Waals surface area contributed by atoms with Gasteiger partial charge in [-0.15, -0.1) is 11.3 Å². The van der Waals surface area contributed by atoms with Crippen LogP contribution in [0.5, 0.6) is 0 Å². The van der Waals surface area contributed by atoms with E-state index in [-0.39, 0.29) is 29.3 Å². The van der Waals surface area contributed by atoms with Gasteiger partial charge in [-0.25, -0.2) is 8.42 Å². The fourth-order valence-corrected chi connectivity index (χ4v) is 7.12. The number of benzene rings is 2. The Morgan fingerprint density at radius 1 is 1.08 bits per heavy atom. The Labute approximate surface area is 216 Å². The molecule has 0 saturated heterocycles. The van der Waals surface area contributed by atoms with Gasteiger partial charge in [0.25, 0.3) is 0 Å². The summed E-state index contributed by atoms with van der Waals surface area (Å²) < 4.78 is 28.4. The molecule has 0 fully saturated rings. The molecule has 0 bridgehead atoms. The second-order valence-electron chi connectivity index (χ2n) is 9.24. The smallest absolute Gasteiger partial charge is 0.243 e. The van der Waals surface area contributed by atoms with E-state index in [1.807, 2.05) is 36.1 Å². The molecule has 4 rings (SSSR count). The second-order valence-corrected chi connectivity index (χ2v) is 12.1. The van der Waals surface area contributed by atoms with Gasteiger partial charge in [-0.1, -0.05) is 24.3 Å². The molecule has 0 spiro atoms. The average Bonchev–Trinajstić information content (AvgIpc) is 3.31. The van der Waals surface area contributed by atoms with E-state index in [4.69, 9.17) is 0 Å². The molecule has 190 valence electrons. The molecule has 2 heterocycles. The Bertz CT molecular complexity index is 1360. The second kappa shape index (κ2) is 10.5. The molecule has 1 unspecified atom stereocenters. The lowest BCUT2D eigenvalue weighted by Gasteiger charge is -2.38. The zero-order chi connectivity index (χ0) is 26.0. The Balaban J connectivity index is 1.64. The van der Waals surface area contributed by atoms with E-state index in [9.17, 15) is 18.0 Å². The van der Waals surface area contributed by atoms with E-state index in [1.54, 1.807) is 37.3 Å². The van der Waals surface area contributed by atoms with Crippen LogP contribution in [0.25, 0.3) is 0 Å². The quantitative estimate of drug-likeness (QED) is 0.489. The largest absolute Gasteiger partial charge is 0.330 e. The lowest BCUT2D eigenvalue weighted by Crippen LogP contribution is -2.48. The number of thiophene rings is 1. The van der Waals surface area contributed by atoms with Crippen molar-refractivity contribution in [2.75, 3.05) is 18.4 Å². The highest BCUT2D eigenvalue weighted by Crippen LogP contribution is 2.39. The van der Waals surface area contributed by atoms with Gasteiger partial charge in [0, 0.05) is 30.1 Å². The topological polar surface area (TPSA) is 86.8 Å². The number of anilines is 1. The number of carbonyl (C=O) groups excluding carboxylic acids is 2. The normalized spacial score (nSPS) is 15.7. The SMILES string of the molecule is CC(=O)Nc1ccc(S(=O)(=O)N(CC(=O)N2CCc3sccc3C2c2ccccc2C)C(C)C)cc1. The summed E-state index contributed by atoms with van der Waals surface area (Å²) in [5, 5.41) is 4.69. The number of sulfonamides is 1. The number of carbonyl (C=O) groups is 2. The van der Waals surface area contributed by atoms with Crippen molar-refractivity contribution in [3.05, 3.63) is 81.5 Å². The molecule has 0 radical (unpaired) electrons. The first-order valence-electron chi connectivity index (χ1n) is 11.9. The average molecular weight is 526 g/mol. The van der Waals surface area contributed by atoms with Crippen LogP contribution in [0.1, 0.15) is 48.4 Å². The lowest BCUT2D eigenvalue weighted by atomic mass is 9.90. The fourth-order valence-electron chi connectivity index (χ4n) is 4.63. The van der Waals surface area contributed by atoms with Gasteiger partial charge in [-0.05, 0) is 79.6 Å². The summed E-state index contributed by atoms with van der Waals surface area (Å²) in [5.41, 5.74) is 3.76. The summed E-state index contributed by atoms with van der Waals surface area (Å²) in [5.74, 6) is -0.467. The molecule has 1 aliphatic rings. The molecule has 2 amide bonds. The Morgan fingerprint density at radius 3 is 2.42 bits per heavy atom. The highest BCUT2D eigenvalue weighted by molar-refractivity contribution is 7.89. The van der Waals surface area contributed by atoms with Crippen LogP contribution in [0.2, 0.25) is 0 Å². The number of amides is 2. The Hall–Kier alpha value is -3.01. The molecule has 36 heavy (non-hydrogen) atoms. The number of nitrogens with zero attached hydrogens (tertiary/aromatic N) is 2. The molecule has 1 atom stereocenters. The number of hydrogen-bond acceptors (Lipinski definition) is 5. The maximum atomic E-state index is 13.8. The zero-order valence-electron chi connectivity index (χ0n) is 20.9. The number of hydrogen-bond donors (Lipinski definition) is 1. The standard InChI is InChI=1S/C27H31N3O4S2/c1-18(2)30(36(33,34)22-11-9-21(10-12-22)28-20(4)31)17-26(32)29-15-13-25-24(14-16-35-25)27(29)23-8-6-5-7-19(23)3/h5-12,14,16,18,27H,13,15,17H2,1-4H3,(H,28,31). The first-order chi connectivity index (χ1) is 17.1. The summed E-state index contributed by atoms with van der Waals surface area (Å²) in [6, 6.07) is 15.4. The van der Waals surface area contributed by atoms with Gasteiger partial charge in [-0.3, -0.25) is 9.59 Å². The summed E-state index contributed by atoms with van der Waals surface area (Å²) in [4.78, 5) is 28.2. The summed E-state index contributed by atoms with van der Waals surface area (Å²) in [6.07, 6.45) is 0.750. The van der Waals surface area contributed by atoms with Gasteiger partial charge >= 0.3 is 0 Å². The van der Waals surface area contributed by atoms with Crippen molar-refractivity contribution < 1.29 is 18.0 Å². The van der Waals surface area contributed by atoms with Gasteiger partial charge in [-0.2, -0.15) is 4.31 Å². The van der Waals surface area contributed by atoms with Crippen molar-refractivity contribution in [2.24, 2.45) is 0 Å². The number of nitrogens with one attached hydrogen (secondary N) is 1. The van der Waals surface area contributed by atoms with Crippen LogP contribution in [-0.2, 0) is 26.0 Å². The molecule has 1 aliphatic heterocycles. The van der Waals surface area contributed by atoms with Crippen molar-refractivity contribution in [2.45, 2.75) is 51.1 Å². The minimum Gasteiger partial charge on any atom is -0.330 e. The van der Waals surface area contributed by atoms with E-state index in [2.05, 4.69) is 16.8 Å². The van der Waals surface area contributed by atoms with Crippen LogP contribution >= 0.6 is 11.3 Å². The molecule has 0 aliphatic carbocycles. The van der Waals surface area contributed by atoms with E-state index < -0.39 is 16.1 Å². The minimum absolute atomic E-state index is 0.0762. The molecule has 7 nitrogen and oxygen atoms in total. The Kier molecular flexibility index (Phi) is 7.63. The number of rotatable bonds is 7. The molecule has 2 aromatic carbocycles. The van der Waals surface area contributed by atoms with E-state index in [0.29, 0.717) is 12.2 Å². The number of aryl methyl sites for hydroxylation is 1. The third-order valence-electron chi connectivity index (χ3n) is 6.42. The molecular weight excluding hydrogens is 494 g/mol. The van der Waals surface area contributed by atoms with Crippen LogP contribution in [0, 0.1) is 6.92 Å². The van der Waals surface area contributed by atoms with Crippen molar-refractivity contribution in [3.8, 4) is 0 Å². The predicted octanol–water partition coefficient (Wildman–Crippen LogP) is 4.59. The van der Waals surface area contributed by atoms with Crippen LogP contribution in [0.4, 0.5) is 5.69 Å². The summed E-state index contributed by atoms with van der Waals surface area (Å²) in [7, 11) is -3.94. The third-order valence-corrected chi connectivity index (χ3v) is 9.45. The third kappa shape index (κ3) is 5.23. The first kappa shape index (κ1) is 26.1. The molecule has 1 aromatic heterocycles. The minimum atomic E-state index is -3.94. The van der Waals surface area contributed by atoms with E-state index >= 15 is 0 Å². The van der Waals surface area contributed by atoms with E-state index in [1.165, 1.54) is 28.2 Å². The van der Waals surface area contributed by atoms with Gasteiger partial charge in [0.15, 0.2) is 0 Å². The monoisotopic (exact) mass is 525 g/mol. The molecular formula is C27H31N3O4S2. The molecule has 3 aromatic rings. The van der Waals surface area contributed by atoms with Gasteiger partial charge in [0.2, 0.25) is 21.8 Å². The zero-order valence-corrected chi connectivity index (χ0v) is 22.5. The highest BCUT2D eigenvalue weighted by atomic mass is 32.2. The molecule has 1 N–H and O–H groups in total. The summed E-state index contributed by atoms with van der Waals surface area (Å²) >= 11 is 1.70. The maximum absolute atomic E-state index is 13.8. The lowest BCUT2D eigenvalue weighted by molar-refractivity contribution is -0.133. The van der Waals surface area contributed by atoms with Crippen LogP contribution in [-0.4, -0.2) is 48.6 Å². The molecule has 9 heteroatoms. The highest BCUT2D eigenvalue weighted by Gasteiger charge is 2.36. The van der Waals surface area contributed by atoms with Gasteiger partial charge < -0.3 is 10.2 Å². The first-order valence-corrected chi connectivity index (χ1v) is 14.2. The van der Waals surface area contributed by atoms with Gasteiger partial charge in [0.1, 0.15) is 0 Å². The fraction of sp³-hybridized carbons (Fsp3) is 0.333. The van der Waals surface area contributed by atoms with Crippen molar-refractivity contribution in [1.29, 1.82) is 0 Å². The van der Waals surface area contributed by atoms with E-state index in [0.717, 1.165) is 23.1 Å². The predicted molar refractivity (Wildman–Crippen MR) is 143 cm³/mol. The van der Waals surface area contributed by atoms with Crippen molar-refractivity contribution >= 4 is 38.9 Å². The van der Waals surface area contributed by atoms with Crippen LogP contribution < -0.4 is 5.32 Å². The van der Waals surface area contributed by atoms with Gasteiger partial charge in [0.05, 0.1) is 17.5 Å².